The maximum atomic E-state index is 11.2. The van der Waals surface area contributed by atoms with Gasteiger partial charge in [-0.3, -0.25) is 14.5 Å². The first-order chi connectivity index (χ1) is 5.20. The number of carbonyl (C=O) groups excluding carboxylic acids is 2. The molecule has 0 N–H and O–H groups in total. The number of hydrogen-bond donors (Lipinski definition) is 0. The van der Waals surface area contributed by atoms with E-state index in [0.29, 0.717) is 0 Å². The van der Waals surface area contributed by atoms with Crippen molar-refractivity contribution in [1.29, 1.82) is 0 Å². The summed E-state index contributed by atoms with van der Waals surface area (Å²) in [7, 11) is 0. The van der Waals surface area contributed by atoms with E-state index in [2.05, 4.69) is 0 Å². The van der Waals surface area contributed by atoms with Gasteiger partial charge >= 0.3 is 0 Å². The van der Waals surface area contributed by atoms with Gasteiger partial charge in [0.05, 0.1) is 6.42 Å². The van der Waals surface area contributed by atoms with Crippen LogP contribution in [0, 0.1) is 0 Å². The monoisotopic (exact) mass is 173 g/mol. The number of nitrogens with zero attached hydrogens (tertiary/aromatic N) is 1. The number of carbonyl (C=O) groups is 2. The molecule has 4 heteroatoms. The Labute approximate surface area is 69.3 Å². The van der Waals surface area contributed by atoms with Gasteiger partial charge in [0.25, 0.3) is 0 Å². The lowest BCUT2D eigenvalue weighted by atomic mass is 10.4. The highest BCUT2D eigenvalue weighted by Gasteiger charge is 2.45. The van der Waals surface area contributed by atoms with Crippen molar-refractivity contribution in [2.45, 2.75) is 30.7 Å². The van der Waals surface area contributed by atoms with E-state index in [4.69, 9.17) is 11.6 Å². The fraction of sp³-hybridized carbons (Fsp3) is 0.714. The lowest BCUT2D eigenvalue weighted by Gasteiger charge is -2.11. The summed E-state index contributed by atoms with van der Waals surface area (Å²) in [6, 6.07) is 0.179. The molecule has 1 aliphatic carbocycles. The summed E-state index contributed by atoms with van der Waals surface area (Å²) in [4.78, 5) is 23.6. The summed E-state index contributed by atoms with van der Waals surface area (Å²) >= 11 is 5.61. The third-order valence-corrected chi connectivity index (χ3v) is 2.38. The van der Waals surface area contributed by atoms with Gasteiger partial charge in [-0.1, -0.05) is 0 Å². The molecule has 2 rings (SSSR count). The summed E-state index contributed by atoms with van der Waals surface area (Å²) in [5.74, 6) is -0.295. The highest BCUT2D eigenvalue weighted by atomic mass is 35.5. The van der Waals surface area contributed by atoms with Crippen molar-refractivity contribution in [2.75, 3.05) is 0 Å². The minimum absolute atomic E-state index is 0.0995. The van der Waals surface area contributed by atoms with E-state index in [1.165, 1.54) is 4.90 Å². The van der Waals surface area contributed by atoms with Crippen LogP contribution in [0.5, 0.6) is 0 Å². The van der Waals surface area contributed by atoms with Crippen LogP contribution in [0.15, 0.2) is 0 Å². The number of hydrogen-bond acceptors (Lipinski definition) is 2. The first-order valence-corrected chi connectivity index (χ1v) is 4.14. The summed E-state index contributed by atoms with van der Waals surface area (Å²) in [5, 5.41) is -0.594. The van der Waals surface area contributed by atoms with Crippen molar-refractivity contribution in [3.63, 3.8) is 0 Å². The van der Waals surface area contributed by atoms with Gasteiger partial charge in [-0.05, 0) is 12.8 Å². The molecule has 0 aromatic heterocycles. The van der Waals surface area contributed by atoms with Crippen molar-refractivity contribution >= 4 is 23.4 Å². The summed E-state index contributed by atoms with van der Waals surface area (Å²) in [6.45, 7) is 0. The summed E-state index contributed by atoms with van der Waals surface area (Å²) in [6.07, 6.45) is 2.11. The Hall–Kier alpha value is -0.570. The van der Waals surface area contributed by atoms with Gasteiger partial charge in [-0.2, -0.15) is 0 Å². The Morgan fingerprint density at radius 2 is 2.00 bits per heavy atom. The first-order valence-electron chi connectivity index (χ1n) is 3.70. The summed E-state index contributed by atoms with van der Waals surface area (Å²) < 4.78 is 0. The van der Waals surface area contributed by atoms with Crippen molar-refractivity contribution < 1.29 is 9.59 Å². The average Bonchev–Trinajstić information content (AvgIpc) is 2.68. The Kier molecular flexibility index (Phi) is 1.42. The van der Waals surface area contributed by atoms with Crippen LogP contribution in [0.3, 0.4) is 0 Å². The molecular weight excluding hydrogens is 166 g/mol. The number of amides is 2. The second-order valence-corrected chi connectivity index (χ2v) is 3.53. The van der Waals surface area contributed by atoms with E-state index in [1.807, 2.05) is 0 Å². The SMILES string of the molecule is O=C1CC(Cl)C(=O)N1C1CC1. The number of rotatable bonds is 1. The van der Waals surface area contributed by atoms with Crippen LogP contribution in [-0.2, 0) is 9.59 Å². The van der Waals surface area contributed by atoms with Crippen LogP contribution in [0.4, 0.5) is 0 Å². The molecule has 60 valence electrons. The van der Waals surface area contributed by atoms with E-state index < -0.39 is 5.38 Å². The zero-order chi connectivity index (χ0) is 8.01. The highest BCUT2D eigenvalue weighted by Crippen LogP contribution is 2.32. The Morgan fingerprint density at radius 3 is 2.36 bits per heavy atom. The number of likely N-dealkylation sites (tertiary alicyclic amines) is 1. The van der Waals surface area contributed by atoms with E-state index in [1.54, 1.807) is 0 Å². The zero-order valence-corrected chi connectivity index (χ0v) is 6.67. The molecule has 1 unspecified atom stereocenters. The molecule has 0 bridgehead atoms. The Balaban J connectivity index is 2.17. The minimum Gasteiger partial charge on any atom is -0.278 e. The lowest BCUT2D eigenvalue weighted by Crippen LogP contribution is -2.32. The second-order valence-electron chi connectivity index (χ2n) is 3.00. The molecule has 0 aromatic rings. The summed E-state index contributed by atoms with van der Waals surface area (Å²) in [5.41, 5.74) is 0. The molecule has 0 spiro atoms. The van der Waals surface area contributed by atoms with Crippen LogP contribution in [-0.4, -0.2) is 28.1 Å². The van der Waals surface area contributed by atoms with E-state index in [-0.39, 0.29) is 24.3 Å². The van der Waals surface area contributed by atoms with Crippen LogP contribution in [0.1, 0.15) is 19.3 Å². The molecule has 11 heavy (non-hydrogen) atoms. The molecule has 2 fully saturated rings. The average molecular weight is 174 g/mol. The van der Waals surface area contributed by atoms with Crippen molar-refractivity contribution in [3.05, 3.63) is 0 Å². The molecule has 3 nitrogen and oxygen atoms in total. The van der Waals surface area contributed by atoms with Crippen LogP contribution in [0.25, 0.3) is 0 Å². The second kappa shape index (κ2) is 2.21. The standard InChI is InChI=1S/C7H8ClNO2/c8-5-3-6(10)9(7(5)11)4-1-2-4/h4-5H,1-3H2. The van der Waals surface area contributed by atoms with Gasteiger partial charge in [-0.25, -0.2) is 0 Å². The molecular formula is C7H8ClNO2. The van der Waals surface area contributed by atoms with Crippen LogP contribution < -0.4 is 0 Å². The maximum absolute atomic E-state index is 11.2. The first kappa shape index (κ1) is 7.10. The molecule has 1 aliphatic heterocycles. The fourth-order valence-corrected chi connectivity index (χ4v) is 1.57. The third kappa shape index (κ3) is 1.03. The highest BCUT2D eigenvalue weighted by molar-refractivity contribution is 6.35. The topological polar surface area (TPSA) is 37.4 Å². The van der Waals surface area contributed by atoms with Gasteiger partial charge in [-0.15, -0.1) is 11.6 Å². The van der Waals surface area contributed by atoms with E-state index >= 15 is 0 Å². The van der Waals surface area contributed by atoms with E-state index in [9.17, 15) is 9.59 Å². The van der Waals surface area contributed by atoms with Crippen LogP contribution in [0.2, 0.25) is 0 Å². The maximum Gasteiger partial charge on any atom is 0.248 e. The normalized spacial score (nSPS) is 31.7. The molecule has 1 atom stereocenters. The van der Waals surface area contributed by atoms with Crippen molar-refractivity contribution in [2.24, 2.45) is 0 Å². The van der Waals surface area contributed by atoms with Gasteiger partial charge in [0, 0.05) is 6.04 Å². The van der Waals surface area contributed by atoms with Gasteiger partial charge < -0.3 is 0 Å². The van der Waals surface area contributed by atoms with Gasteiger partial charge in [0.1, 0.15) is 5.38 Å². The molecule has 1 heterocycles. The van der Waals surface area contributed by atoms with E-state index in [0.717, 1.165) is 12.8 Å². The number of alkyl halides is 1. The van der Waals surface area contributed by atoms with Crippen molar-refractivity contribution in [3.8, 4) is 0 Å². The molecule has 1 saturated carbocycles. The molecule has 0 aromatic carbocycles. The molecule has 2 aliphatic rings. The predicted octanol–water partition coefficient (Wildman–Crippen LogP) is 0.515. The molecule has 1 saturated heterocycles. The lowest BCUT2D eigenvalue weighted by molar-refractivity contribution is -0.138. The zero-order valence-electron chi connectivity index (χ0n) is 5.92. The Bertz CT molecular complexity index is 224. The smallest absolute Gasteiger partial charge is 0.248 e. The minimum atomic E-state index is -0.594. The third-order valence-electron chi connectivity index (χ3n) is 2.04. The van der Waals surface area contributed by atoms with Crippen LogP contribution >= 0.6 is 11.6 Å². The fourth-order valence-electron chi connectivity index (χ4n) is 1.33. The van der Waals surface area contributed by atoms with Crippen molar-refractivity contribution in [1.82, 2.24) is 4.90 Å². The number of imide groups is 1. The predicted molar refractivity (Wildman–Crippen MR) is 39.1 cm³/mol. The molecule has 0 radical (unpaired) electrons. The largest absolute Gasteiger partial charge is 0.278 e. The molecule has 2 amide bonds. The van der Waals surface area contributed by atoms with Gasteiger partial charge in [0.15, 0.2) is 0 Å². The van der Waals surface area contributed by atoms with Gasteiger partial charge in [0.2, 0.25) is 11.8 Å². The number of halogens is 1. The quantitative estimate of drug-likeness (QED) is 0.428. The Morgan fingerprint density at radius 1 is 1.36 bits per heavy atom.